The summed E-state index contributed by atoms with van der Waals surface area (Å²) >= 11 is 0. The second kappa shape index (κ2) is 6.20. The van der Waals surface area contributed by atoms with Gasteiger partial charge in [0.25, 0.3) is 0 Å². The van der Waals surface area contributed by atoms with E-state index in [0.29, 0.717) is 6.61 Å². The van der Waals surface area contributed by atoms with Gasteiger partial charge in [0.15, 0.2) is 0 Å². The van der Waals surface area contributed by atoms with Crippen molar-refractivity contribution in [3.63, 3.8) is 0 Å². The predicted octanol–water partition coefficient (Wildman–Crippen LogP) is 3.18. The molecule has 1 aromatic carbocycles. The molecule has 27 heavy (non-hydrogen) atoms. The predicted molar refractivity (Wildman–Crippen MR) is 103 cm³/mol. The van der Waals surface area contributed by atoms with E-state index in [1.807, 2.05) is 18.2 Å². The Kier molecular flexibility index (Phi) is 3.79. The summed E-state index contributed by atoms with van der Waals surface area (Å²) in [4.78, 5) is 11.2. The number of morpholine rings is 1. The second-order valence-corrected chi connectivity index (χ2v) is 7.72. The van der Waals surface area contributed by atoms with Crippen molar-refractivity contribution in [2.75, 3.05) is 24.6 Å². The molecule has 0 unspecified atom stereocenters. The maximum absolute atomic E-state index is 6.12. The lowest BCUT2D eigenvalue weighted by molar-refractivity contribution is 0.0529. The van der Waals surface area contributed by atoms with Gasteiger partial charge in [0.1, 0.15) is 29.2 Å². The van der Waals surface area contributed by atoms with E-state index < -0.39 is 0 Å². The Balaban J connectivity index is 1.49. The fraction of sp³-hybridized carbons (Fsp3) is 0.450. The van der Waals surface area contributed by atoms with Crippen molar-refractivity contribution >= 4 is 16.7 Å². The first-order valence-corrected chi connectivity index (χ1v) is 9.46. The van der Waals surface area contributed by atoms with Crippen LogP contribution in [-0.4, -0.2) is 51.6 Å². The number of aromatic nitrogens is 4. The van der Waals surface area contributed by atoms with E-state index in [-0.39, 0.29) is 11.7 Å². The Hall–Kier alpha value is -2.67. The van der Waals surface area contributed by atoms with E-state index in [4.69, 9.17) is 9.47 Å². The van der Waals surface area contributed by atoms with Crippen molar-refractivity contribution in [1.29, 1.82) is 0 Å². The van der Waals surface area contributed by atoms with Crippen LogP contribution < -0.4 is 9.64 Å². The molecule has 7 heteroatoms. The Morgan fingerprint density at radius 1 is 1.26 bits per heavy atom. The lowest BCUT2D eigenvalue weighted by atomic mass is 10.1. The molecule has 140 valence electrons. The number of rotatable bonds is 4. The molecule has 2 aliphatic rings. The first kappa shape index (κ1) is 16.5. The highest BCUT2D eigenvalue weighted by Crippen LogP contribution is 2.40. The highest BCUT2D eigenvalue weighted by Gasteiger charge is 2.40. The number of anilines is 1. The second-order valence-electron chi connectivity index (χ2n) is 7.72. The summed E-state index contributed by atoms with van der Waals surface area (Å²) in [5.74, 6) is 1.78. The van der Waals surface area contributed by atoms with Gasteiger partial charge in [-0.05, 0) is 44.9 Å². The van der Waals surface area contributed by atoms with Gasteiger partial charge in [0.2, 0.25) is 0 Å². The molecule has 0 bridgehead atoms. The molecule has 1 saturated heterocycles. The van der Waals surface area contributed by atoms with Crippen LogP contribution in [0.4, 0.5) is 5.82 Å². The molecular formula is C20H23N5O2. The number of benzene rings is 1. The van der Waals surface area contributed by atoms with Gasteiger partial charge in [-0.2, -0.15) is 5.10 Å². The van der Waals surface area contributed by atoms with Crippen LogP contribution in [0.3, 0.4) is 0 Å². The van der Waals surface area contributed by atoms with E-state index in [1.165, 1.54) is 0 Å². The highest BCUT2D eigenvalue weighted by molar-refractivity contribution is 5.93. The molecule has 1 N–H and O–H groups in total. The summed E-state index contributed by atoms with van der Waals surface area (Å²) in [7, 11) is 0. The Morgan fingerprint density at radius 2 is 2.15 bits per heavy atom. The molecule has 0 spiro atoms. The van der Waals surface area contributed by atoms with Crippen molar-refractivity contribution in [2.24, 2.45) is 0 Å². The third kappa shape index (κ3) is 3.23. The zero-order valence-electron chi connectivity index (χ0n) is 15.6. The number of nitrogens with zero attached hydrogens (tertiary/aromatic N) is 4. The molecule has 3 aromatic rings. The standard InChI is InChI=1S/C20H23N5O2/c1-13-11-25(7-8-26-13)18-10-17(21-12-22-18)19-15-9-14(27-20(2)5-6-20)3-4-16(15)23-24-19/h3-4,9-10,12-13H,5-8,11H2,1-2H3,(H,23,24)/t13-/m0/s1. The Labute approximate surface area is 157 Å². The first-order valence-electron chi connectivity index (χ1n) is 9.46. The molecule has 1 atom stereocenters. The van der Waals surface area contributed by atoms with Gasteiger partial charge < -0.3 is 14.4 Å². The summed E-state index contributed by atoms with van der Waals surface area (Å²) in [6.07, 6.45) is 4.02. The first-order chi connectivity index (χ1) is 13.1. The molecule has 3 heterocycles. The van der Waals surface area contributed by atoms with Crippen molar-refractivity contribution in [3.8, 4) is 17.1 Å². The minimum absolute atomic E-state index is 0.00725. The summed E-state index contributed by atoms with van der Waals surface area (Å²) < 4.78 is 11.7. The molecule has 1 aliphatic heterocycles. The number of hydrogen-bond acceptors (Lipinski definition) is 6. The molecule has 1 aliphatic carbocycles. The van der Waals surface area contributed by atoms with Crippen LogP contribution in [0.25, 0.3) is 22.3 Å². The molecule has 7 nitrogen and oxygen atoms in total. The number of aromatic amines is 1. The number of nitrogens with one attached hydrogen (secondary N) is 1. The smallest absolute Gasteiger partial charge is 0.132 e. The SMILES string of the molecule is C[C@H]1CN(c2cc(-c3n[nH]c4ccc(OC5(C)CC5)cc34)ncn2)CCO1. The summed E-state index contributed by atoms with van der Waals surface area (Å²) in [5, 5.41) is 8.62. The van der Waals surface area contributed by atoms with Gasteiger partial charge >= 0.3 is 0 Å². The minimum atomic E-state index is -0.00725. The largest absolute Gasteiger partial charge is 0.488 e. The third-order valence-corrected chi connectivity index (χ3v) is 5.31. The average Bonchev–Trinajstić information content (AvgIpc) is 3.25. The molecule has 2 aromatic heterocycles. The Bertz CT molecular complexity index is 981. The molecule has 0 amide bonds. The number of ether oxygens (including phenoxy) is 2. The zero-order valence-corrected chi connectivity index (χ0v) is 15.6. The lowest BCUT2D eigenvalue weighted by Crippen LogP contribution is -2.41. The highest BCUT2D eigenvalue weighted by atomic mass is 16.5. The average molecular weight is 365 g/mol. The van der Waals surface area contributed by atoms with Crippen LogP contribution in [0.5, 0.6) is 5.75 Å². The van der Waals surface area contributed by atoms with Crippen molar-refractivity contribution in [2.45, 2.75) is 38.4 Å². The molecular weight excluding hydrogens is 342 g/mol. The minimum Gasteiger partial charge on any atom is -0.488 e. The third-order valence-electron chi connectivity index (χ3n) is 5.31. The van der Waals surface area contributed by atoms with Crippen LogP contribution >= 0.6 is 0 Å². The van der Waals surface area contributed by atoms with Crippen molar-refractivity contribution in [1.82, 2.24) is 20.2 Å². The van der Waals surface area contributed by atoms with Crippen LogP contribution in [-0.2, 0) is 4.74 Å². The summed E-state index contributed by atoms with van der Waals surface area (Å²) in [6.45, 7) is 6.60. The quantitative estimate of drug-likeness (QED) is 0.765. The van der Waals surface area contributed by atoms with Gasteiger partial charge in [-0.25, -0.2) is 9.97 Å². The van der Waals surface area contributed by atoms with Crippen LogP contribution in [0.2, 0.25) is 0 Å². The van der Waals surface area contributed by atoms with Gasteiger partial charge in [-0.1, -0.05) is 0 Å². The number of fused-ring (bicyclic) bond motifs is 1. The van der Waals surface area contributed by atoms with Crippen molar-refractivity contribution < 1.29 is 9.47 Å². The zero-order chi connectivity index (χ0) is 18.4. The van der Waals surface area contributed by atoms with E-state index in [1.54, 1.807) is 6.33 Å². The van der Waals surface area contributed by atoms with Gasteiger partial charge in [0.05, 0.1) is 23.9 Å². The molecule has 2 fully saturated rings. The van der Waals surface area contributed by atoms with E-state index in [9.17, 15) is 0 Å². The fourth-order valence-corrected chi connectivity index (χ4v) is 3.49. The number of hydrogen-bond donors (Lipinski definition) is 1. The Morgan fingerprint density at radius 3 is 2.96 bits per heavy atom. The fourth-order valence-electron chi connectivity index (χ4n) is 3.49. The maximum atomic E-state index is 6.12. The van der Waals surface area contributed by atoms with Crippen molar-refractivity contribution in [3.05, 3.63) is 30.6 Å². The maximum Gasteiger partial charge on any atom is 0.132 e. The number of H-pyrrole nitrogens is 1. The van der Waals surface area contributed by atoms with Gasteiger partial charge in [0, 0.05) is 24.5 Å². The van der Waals surface area contributed by atoms with Crippen LogP contribution in [0.15, 0.2) is 30.6 Å². The van der Waals surface area contributed by atoms with Crippen LogP contribution in [0.1, 0.15) is 26.7 Å². The van der Waals surface area contributed by atoms with E-state index >= 15 is 0 Å². The lowest BCUT2D eigenvalue weighted by Gasteiger charge is -2.31. The molecule has 5 rings (SSSR count). The van der Waals surface area contributed by atoms with Crippen LogP contribution in [0, 0.1) is 0 Å². The van der Waals surface area contributed by atoms with E-state index in [0.717, 1.165) is 59.8 Å². The monoisotopic (exact) mass is 365 g/mol. The van der Waals surface area contributed by atoms with E-state index in [2.05, 4.69) is 45.0 Å². The van der Waals surface area contributed by atoms with Gasteiger partial charge in [-0.15, -0.1) is 0 Å². The normalized spacial score (nSPS) is 21.4. The summed E-state index contributed by atoms with van der Waals surface area (Å²) in [6, 6.07) is 8.06. The topological polar surface area (TPSA) is 76.2 Å². The van der Waals surface area contributed by atoms with Gasteiger partial charge in [-0.3, -0.25) is 5.10 Å². The molecule has 0 radical (unpaired) electrons. The molecule has 1 saturated carbocycles. The summed E-state index contributed by atoms with van der Waals surface area (Å²) in [5.41, 5.74) is 2.59.